The van der Waals surface area contributed by atoms with Crippen molar-refractivity contribution in [3.8, 4) is 0 Å². The van der Waals surface area contributed by atoms with Crippen molar-refractivity contribution in [2.75, 3.05) is 19.6 Å². The zero-order chi connectivity index (χ0) is 21.4. The fourth-order valence-electron chi connectivity index (χ4n) is 5.95. The summed E-state index contributed by atoms with van der Waals surface area (Å²) in [5.41, 5.74) is 5.23. The molecule has 2 aliphatic carbocycles. The maximum Gasteiger partial charge on any atom is 0.251 e. The van der Waals surface area contributed by atoms with E-state index >= 15 is 0 Å². The van der Waals surface area contributed by atoms with Gasteiger partial charge in [-0.1, -0.05) is 50.2 Å². The minimum Gasteiger partial charge on any atom is -0.352 e. The van der Waals surface area contributed by atoms with E-state index in [0.29, 0.717) is 12.0 Å². The van der Waals surface area contributed by atoms with E-state index in [4.69, 9.17) is 0 Å². The van der Waals surface area contributed by atoms with Gasteiger partial charge < -0.3 is 5.32 Å². The summed E-state index contributed by atoms with van der Waals surface area (Å²) in [5, 5.41) is 3.14. The maximum atomic E-state index is 12.9. The van der Waals surface area contributed by atoms with E-state index in [0.717, 1.165) is 37.3 Å². The Bertz CT molecular complexity index is 935. The Labute approximate surface area is 187 Å². The molecule has 5 rings (SSSR count). The van der Waals surface area contributed by atoms with E-state index in [-0.39, 0.29) is 11.3 Å². The number of hydrogen-bond acceptors (Lipinski definition) is 2. The van der Waals surface area contributed by atoms with Gasteiger partial charge in [0, 0.05) is 24.7 Å². The summed E-state index contributed by atoms with van der Waals surface area (Å²) in [5.74, 6) is 1.66. The number of nitrogens with one attached hydrogen (secondary N) is 1. The molecule has 3 heteroatoms. The highest BCUT2D eigenvalue weighted by molar-refractivity contribution is 5.94. The van der Waals surface area contributed by atoms with Crippen molar-refractivity contribution in [1.82, 2.24) is 10.2 Å². The van der Waals surface area contributed by atoms with Gasteiger partial charge in [-0.25, -0.2) is 0 Å². The van der Waals surface area contributed by atoms with Crippen LogP contribution in [0.25, 0.3) is 0 Å². The number of nitrogens with zero attached hydrogens (tertiary/aromatic N) is 1. The number of benzene rings is 2. The van der Waals surface area contributed by atoms with Crippen molar-refractivity contribution in [2.45, 2.75) is 63.8 Å². The van der Waals surface area contributed by atoms with Gasteiger partial charge in [-0.05, 0) is 91.1 Å². The van der Waals surface area contributed by atoms with Crippen LogP contribution in [0.15, 0.2) is 48.5 Å². The summed E-state index contributed by atoms with van der Waals surface area (Å²) in [4.78, 5) is 15.6. The fraction of sp³-hybridized carbons (Fsp3) is 0.536. The lowest BCUT2D eigenvalue weighted by Crippen LogP contribution is -2.58. The minimum atomic E-state index is 0.0698. The van der Waals surface area contributed by atoms with Crippen LogP contribution in [-0.2, 0) is 18.3 Å². The number of rotatable bonds is 7. The molecule has 1 saturated carbocycles. The number of piperidine rings is 1. The van der Waals surface area contributed by atoms with E-state index in [1.54, 1.807) is 0 Å². The lowest BCUT2D eigenvalue weighted by molar-refractivity contribution is 0.0284. The summed E-state index contributed by atoms with van der Waals surface area (Å²) in [6, 6.07) is 17.6. The molecule has 2 aromatic rings. The topological polar surface area (TPSA) is 32.3 Å². The molecule has 0 radical (unpaired) electrons. The van der Waals surface area contributed by atoms with E-state index in [1.807, 2.05) is 12.1 Å². The molecule has 31 heavy (non-hydrogen) atoms. The molecular formula is C28H36N2O. The molecule has 1 N–H and O–H groups in total. The van der Waals surface area contributed by atoms with Crippen LogP contribution in [0.3, 0.4) is 0 Å². The van der Waals surface area contributed by atoms with Crippen LogP contribution >= 0.6 is 0 Å². The molecule has 3 aliphatic rings. The molecule has 1 amide bonds. The van der Waals surface area contributed by atoms with Gasteiger partial charge in [0.25, 0.3) is 5.91 Å². The third-order valence-corrected chi connectivity index (χ3v) is 8.35. The normalized spacial score (nSPS) is 27.5. The number of hydrogen-bond donors (Lipinski definition) is 1. The van der Waals surface area contributed by atoms with Gasteiger partial charge in [-0.2, -0.15) is 0 Å². The van der Waals surface area contributed by atoms with Gasteiger partial charge >= 0.3 is 0 Å². The summed E-state index contributed by atoms with van der Waals surface area (Å²) in [7, 11) is 0. The first-order valence-electron chi connectivity index (χ1n) is 12.2. The van der Waals surface area contributed by atoms with Crippen molar-refractivity contribution in [1.29, 1.82) is 0 Å². The van der Waals surface area contributed by atoms with Crippen LogP contribution < -0.4 is 5.32 Å². The first kappa shape index (κ1) is 20.8. The third-order valence-electron chi connectivity index (χ3n) is 8.35. The van der Waals surface area contributed by atoms with Gasteiger partial charge in [0.05, 0.1) is 0 Å². The van der Waals surface area contributed by atoms with E-state index in [1.165, 1.54) is 49.0 Å². The van der Waals surface area contributed by atoms with E-state index < -0.39 is 0 Å². The number of likely N-dealkylation sites (tertiary alicyclic amines) is 1. The number of carbonyl (C=O) groups is 1. The number of amides is 1. The smallest absolute Gasteiger partial charge is 0.251 e. The molecule has 0 aromatic heterocycles. The fourth-order valence-corrected chi connectivity index (χ4v) is 5.95. The standard InChI is InChI=1S/C28H36N2O/c1-20-26-18-23-12-13-24(27(31)29-15-6-9-21-7-4-3-5-8-21)17-25(23)28(20,2)14-16-30(26)19-22-10-11-22/h3-5,7-8,12-13,17,20,22,26H,6,9-11,14-16,18-19H2,1-2H3,(H,29,31)/t20?,26-,28-/m1/s1. The molecule has 164 valence electrons. The summed E-state index contributed by atoms with van der Waals surface area (Å²) in [6.45, 7) is 8.11. The van der Waals surface area contributed by atoms with E-state index in [9.17, 15) is 4.79 Å². The minimum absolute atomic E-state index is 0.0698. The summed E-state index contributed by atoms with van der Waals surface area (Å²) >= 11 is 0. The van der Waals surface area contributed by atoms with E-state index in [2.05, 4.69) is 60.5 Å². The van der Waals surface area contributed by atoms with Gasteiger partial charge in [0.15, 0.2) is 0 Å². The monoisotopic (exact) mass is 416 g/mol. The average Bonchev–Trinajstić information content (AvgIpc) is 3.60. The van der Waals surface area contributed by atoms with Crippen LogP contribution in [0.1, 0.15) is 66.6 Å². The van der Waals surface area contributed by atoms with Crippen molar-refractivity contribution in [2.24, 2.45) is 11.8 Å². The predicted octanol–water partition coefficient (Wildman–Crippen LogP) is 4.98. The van der Waals surface area contributed by atoms with Crippen molar-refractivity contribution >= 4 is 5.91 Å². The molecule has 3 atom stereocenters. The molecule has 1 saturated heterocycles. The van der Waals surface area contributed by atoms with Crippen LogP contribution in [-0.4, -0.2) is 36.5 Å². The Kier molecular flexibility index (Phi) is 5.64. The zero-order valence-corrected chi connectivity index (χ0v) is 19.1. The summed E-state index contributed by atoms with van der Waals surface area (Å²) in [6.07, 6.45) is 7.16. The highest BCUT2D eigenvalue weighted by atomic mass is 16.1. The second-order valence-corrected chi connectivity index (χ2v) is 10.4. The molecule has 1 aliphatic heterocycles. The molecule has 2 aromatic carbocycles. The van der Waals surface area contributed by atoms with Gasteiger partial charge in [-0.3, -0.25) is 9.69 Å². The Morgan fingerprint density at radius 1 is 1.16 bits per heavy atom. The van der Waals surface area contributed by atoms with Crippen molar-refractivity contribution < 1.29 is 4.79 Å². The third kappa shape index (κ3) is 4.17. The largest absolute Gasteiger partial charge is 0.352 e. The first-order valence-corrected chi connectivity index (χ1v) is 12.2. The Morgan fingerprint density at radius 2 is 1.97 bits per heavy atom. The van der Waals surface area contributed by atoms with Crippen molar-refractivity contribution in [3.63, 3.8) is 0 Å². The van der Waals surface area contributed by atoms with Crippen LogP contribution in [0.2, 0.25) is 0 Å². The van der Waals surface area contributed by atoms with Crippen LogP contribution in [0.4, 0.5) is 0 Å². The maximum absolute atomic E-state index is 12.9. The van der Waals surface area contributed by atoms with Gasteiger partial charge in [0.2, 0.25) is 0 Å². The molecule has 2 fully saturated rings. The quantitative estimate of drug-likeness (QED) is 0.646. The molecule has 3 nitrogen and oxygen atoms in total. The van der Waals surface area contributed by atoms with Gasteiger partial charge in [-0.15, -0.1) is 0 Å². The number of carbonyl (C=O) groups excluding carboxylic acids is 1. The molecule has 1 heterocycles. The molecular weight excluding hydrogens is 380 g/mol. The lowest BCUT2D eigenvalue weighted by Gasteiger charge is -2.55. The number of aryl methyl sites for hydroxylation is 1. The second-order valence-electron chi connectivity index (χ2n) is 10.4. The van der Waals surface area contributed by atoms with Crippen molar-refractivity contribution in [3.05, 3.63) is 70.8 Å². The molecule has 2 bridgehead atoms. The highest BCUT2D eigenvalue weighted by Crippen LogP contribution is 2.49. The van der Waals surface area contributed by atoms with Gasteiger partial charge in [0.1, 0.15) is 0 Å². The lowest BCUT2D eigenvalue weighted by atomic mass is 9.59. The summed E-state index contributed by atoms with van der Waals surface area (Å²) < 4.78 is 0. The average molecular weight is 417 g/mol. The first-order chi connectivity index (χ1) is 15.0. The Morgan fingerprint density at radius 3 is 2.74 bits per heavy atom. The Hall–Kier alpha value is -2.13. The highest BCUT2D eigenvalue weighted by Gasteiger charge is 2.49. The Balaban J connectivity index is 1.25. The second kappa shape index (κ2) is 8.43. The molecule has 0 spiro atoms. The zero-order valence-electron chi connectivity index (χ0n) is 19.1. The van der Waals surface area contributed by atoms with Crippen LogP contribution in [0.5, 0.6) is 0 Å². The van der Waals surface area contributed by atoms with Crippen LogP contribution in [0, 0.1) is 11.8 Å². The number of fused-ring (bicyclic) bond motifs is 4. The SMILES string of the molecule is CC1[C@H]2Cc3ccc(C(=O)NCCCc4ccccc4)cc3[C@]1(C)CCN2CC1CC1. The predicted molar refractivity (Wildman–Crippen MR) is 126 cm³/mol. The molecule has 1 unspecified atom stereocenters.